The number of rotatable bonds is 11. The van der Waals surface area contributed by atoms with Gasteiger partial charge in [0, 0.05) is 37.7 Å². The number of aryl methyl sites for hydroxylation is 1. The van der Waals surface area contributed by atoms with Crippen LogP contribution in [0, 0.1) is 6.92 Å². The molecule has 0 saturated carbocycles. The molecule has 1 amide bonds. The van der Waals surface area contributed by atoms with Crippen molar-refractivity contribution in [3.63, 3.8) is 0 Å². The first-order valence-corrected chi connectivity index (χ1v) is 15.4. The highest BCUT2D eigenvalue weighted by Crippen LogP contribution is 2.33. The summed E-state index contributed by atoms with van der Waals surface area (Å²) >= 11 is 12.5. The second-order valence-electron chi connectivity index (χ2n) is 9.82. The van der Waals surface area contributed by atoms with Crippen LogP contribution in [-0.2, 0) is 32.6 Å². The van der Waals surface area contributed by atoms with Gasteiger partial charge in [0.05, 0.1) is 31.3 Å². The fraction of sp³-hybridized carbons (Fsp3) is 0.393. The number of nitrogens with zero attached hydrogens (tertiary/aromatic N) is 3. The van der Waals surface area contributed by atoms with Gasteiger partial charge < -0.3 is 23.5 Å². The summed E-state index contributed by atoms with van der Waals surface area (Å²) in [5.41, 5.74) is 0.798. The number of hydrogen-bond donors (Lipinski definition) is 0. The van der Waals surface area contributed by atoms with Crippen LogP contribution in [0.4, 0.5) is 0 Å². The second-order valence-corrected chi connectivity index (χ2v) is 12.6. The Hall–Kier alpha value is -2.80. The second kappa shape index (κ2) is 13.0. The Morgan fingerprint density at radius 1 is 0.976 bits per heavy atom. The van der Waals surface area contributed by atoms with E-state index in [2.05, 4.69) is 4.90 Å². The highest BCUT2D eigenvalue weighted by molar-refractivity contribution is 7.89. The lowest BCUT2D eigenvalue weighted by Gasteiger charge is -2.31. The number of benzene rings is 2. The standard InChI is InChI=1S/C28H31Cl2N3O7S/c1-20-2-5-23(40-20)17-32(16-21-3-7-25-26(14-21)39-19-38-25)28(34)18-33(9-8-31-10-12-37-13-11-31)41(35,36)27-15-22(29)4-6-24(27)30/h2-7,14-15H,8-13,16-19H2,1H3. The Kier molecular flexibility index (Phi) is 9.42. The lowest BCUT2D eigenvalue weighted by Crippen LogP contribution is -2.47. The molecule has 3 aromatic rings. The van der Waals surface area contributed by atoms with Gasteiger partial charge in [-0.2, -0.15) is 4.31 Å². The molecule has 5 rings (SSSR count). The predicted octanol–water partition coefficient (Wildman–Crippen LogP) is 4.18. The molecular formula is C28H31Cl2N3O7S. The van der Waals surface area contributed by atoms with Gasteiger partial charge in [-0.15, -0.1) is 0 Å². The van der Waals surface area contributed by atoms with Crippen molar-refractivity contribution >= 4 is 39.1 Å². The molecule has 0 aliphatic carbocycles. The van der Waals surface area contributed by atoms with Crippen molar-refractivity contribution in [3.05, 3.63) is 75.7 Å². The number of hydrogen-bond acceptors (Lipinski definition) is 8. The van der Waals surface area contributed by atoms with Crippen molar-refractivity contribution in [2.75, 3.05) is 52.7 Å². The van der Waals surface area contributed by atoms with E-state index >= 15 is 0 Å². The van der Waals surface area contributed by atoms with Crippen LogP contribution < -0.4 is 9.47 Å². The molecule has 0 unspecified atom stereocenters. The zero-order chi connectivity index (χ0) is 29.0. The molecule has 41 heavy (non-hydrogen) atoms. The largest absolute Gasteiger partial charge is 0.464 e. The van der Waals surface area contributed by atoms with E-state index in [0.29, 0.717) is 55.9 Å². The highest BCUT2D eigenvalue weighted by atomic mass is 35.5. The molecule has 2 aromatic carbocycles. The minimum Gasteiger partial charge on any atom is -0.464 e. The molecule has 1 saturated heterocycles. The molecule has 2 aliphatic heterocycles. The summed E-state index contributed by atoms with van der Waals surface area (Å²) in [6.45, 7) is 4.89. The van der Waals surface area contributed by atoms with Gasteiger partial charge in [0.15, 0.2) is 11.5 Å². The quantitative estimate of drug-likeness (QED) is 0.314. The number of sulfonamides is 1. The number of morpholine rings is 1. The third kappa shape index (κ3) is 7.35. The molecule has 13 heteroatoms. The van der Waals surface area contributed by atoms with Gasteiger partial charge in [-0.25, -0.2) is 8.42 Å². The Morgan fingerprint density at radius 2 is 1.76 bits per heavy atom. The molecule has 10 nitrogen and oxygen atoms in total. The summed E-state index contributed by atoms with van der Waals surface area (Å²) in [4.78, 5) is 17.4. The first-order chi connectivity index (χ1) is 19.7. The molecule has 1 fully saturated rings. The minimum atomic E-state index is -4.18. The smallest absolute Gasteiger partial charge is 0.245 e. The SMILES string of the molecule is Cc1ccc(CN(Cc2ccc3c(c2)OCO3)C(=O)CN(CCN2CCOCC2)S(=O)(=O)c2cc(Cl)ccc2Cl)o1. The Labute approximate surface area is 249 Å². The summed E-state index contributed by atoms with van der Waals surface area (Å²) in [5.74, 6) is 2.11. The molecule has 1 aromatic heterocycles. The van der Waals surface area contributed by atoms with Crippen molar-refractivity contribution in [1.29, 1.82) is 0 Å². The van der Waals surface area contributed by atoms with Crippen LogP contribution in [0.1, 0.15) is 17.1 Å². The minimum absolute atomic E-state index is 0.0292. The van der Waals surface area contributed by atoms with Gasteiger partial charge in [0.2, 0.25) is 22.7 Å². The number of furan rings is 1. The zero-order valence-electron chi connectivity index (χ0n) is 22.6. The number of ether oxygens (including phenoxy) is 3. The third-order valence-electron chi connectivity index (χ3n) is 6.90. The number of carbonyl (C=O) groups is 1. The van der Waals surface area contributed by atoms with Gasteiger partial charge in [-0.3, -0.25) is 9.69 Å². The Morgan fingerprint density at radius 3 is 2.51 bits per heavy atom. The van der Waals surface area contributed by atoms with E-state index in [4.69, 9.17) is 41.8 Å². The van der Waals surface area contributed by atoms with Crippen molar-refractivity contribution in [2.24, 2.45) is 0 Å². The molecule has 3 heterocycles. The lowest BCUT2D eigenvalue weighted by atomic mass is 10.2. The number of fused-ring (bicyclic) bond motifs is 1. The molecule has 0 atom stereocenters. The van der Waals surface area contributed by atoms with E-state index in [9.17, 15) is 13.2 Å². The molecule has 0 radical (unpaired) electrons. The van der Waals surface area contributed by atoms with Crippen LogP contribution in [0.25, 0.3) is 0 Å². The average Bonchev–Trinajstić information content (AvgIpc) is 3.60. The first-order valence-electron chi connectivity index (χ1n) is 13.2. The maximum Gasteiger partial charge on any atom is 0.245 e. The summed E-state index contributed by atoms with van der Waals surface area (Å²) in [6, 6.07) is 13.3. The molecule has 0 N–H and O–H groups in total. The predicted molar refractivity (Wildman–Crippen MR) is 153 cm³/mol. The van der Waals surface area contributed by atoms with E-state index in [1.165, 1.54) is 22.5 Å². The van der Waals surface area contributed by atoms with Crippen molar-refractivity contribution < 1.29 is 31.8 Å². The van der Waals surface area contributed by atoms with Crippen LogP contribution in [0.2, 0.25) is 10.0 Å². The van der Waals surface area contributed by atoms with Gasteiger partial charge in [0.1, 0.15) is 16.4 Å². The van der Waals surface area contributed by atoms with E-state index in [1.54, 1.807) is 17.0 Å². The topological polar surface area (TPSA) is 102 Å². The van der Waals surface area contributed by atoms with Crippen LogP contribution in [0.15, 0.2) is 57.8 Å². The van der Waals surface area contributed by atoms with E-state index < -0.39 is 22.5 Å². The first kappa shape index (κ1) is 29.7. The molecule has 0 bridgehead atoms. The van der Waals surface area contributed by atoms with Crippen LogP contribution in [0.5, 0.6) is 11.5 Å². The van der Waals surface area contributed by atoms with Gasteiger partial charge in [0.25, 0.3) is 0 Å². The zero-order valence-corrected chi connectivity index (χ0v) is 24.9. The lowest BCUT2D eigenvalue weighted by molar-refractivity contribution is -0.133. The average molecular weight is 625 g/mol. The van der Waals surface area contributed by atoms with Gasteiger partial charge in [-0.1, -0.05) is 29.3 Å². The summed E-state index contributed by atoms with van der Waals surface area (Å²) in [7, 11) is -4.18. The summed E-state index contributed by atoms with van der Waals surface area (Å²) in [5, 5.41) is 0.256. The van der Waals surface area contributed by atoms with Gasteiger partial charge in [-0.05, 0) is 55.0 Å². The summed E-state index contributed by atoms with van der Waals surface area (Å²) in [6.07, 6.45) is 0. The van der Waals surface area contributed by atoms with Crippen molar-refractivity contribution in [1.82, 2.24) is 14.1 Å². The Balaban J connectivity index is 1.42. The van der Waals surface area contributed by atoms with E-state index in [1.807, 2.05) is 25.1 Å². The van der Waals surface area contributed by atoms with Crippen molar-refractivity contribution in [2.45, 2.75) is 24.9 Å². The molecular weight excluding hydrogens is 593 g/mol. The van der Waals surface area contributed by atoms with Gasteiger partial charge >= 0.3 is 0 Å². The van der Waals surface area contributed by atoms with Crippen LogP contribution in [-0.4, -0.2) is 81.2 Å². The van der Waals surface area contributed by atoms with Crippen LogP contribution >= 0.6 is 23.2 Å². The van der Waals surface area contributed by atoms with Crippen LogP contribution in [0.3, 0.4) is 0 Å². The normalized spacial score (nSPS) is 15.4. The number of amides is 1. The summed E-state index contributed by atoms with van der Waals surface area (Å²) < 4.78 is 51.1. The highest BCUT2D eigenvalue weighted by Gasteiger charge is 2.31. The molecule has 2 aliphatic rings. The molecule has 0 spiro atoms. The van der Waals surface area contributed by atoms with E-state index in [0.717, 1.165) is 5.56 Å². The Bertz CT molecular complexity index is 1490. The number of halogens is 2. The maximum absolute atomic E-state index is 13.9. The number of carbonyl (C=O) groups excluding carboxylic acids is 1. The fourth-order valence-electron chi connectivity index (χ4n) is 4.68. The van der Waals surface area contributed by atoms with E-state index in [-0.39, 0.29) is 41.4 Å². The maximum atomic E-state index is 13.9. The fourth-order valence-corrected chi connectivity index (χ4v) is 6.79. The molecule has 220 valence electrons. The monoisotopic (exact) mass is 623 g/mol. The third-order valence-corrected chi connectivity index (χ3v) is 9.46. The van der Waals surface area contributed by atoms with Crippen molar-refractivity contribution in [3.8, 4) is 11.5 Å².